The lowest BCUT2D eigenvalue weighted by Gasteiger charge is -2.16. The van der Waals surface area contributed by atoms with Gasteiger partial charge in [-0.3, -0.25) is 4.90 Å². The average molecular weight is 329 g/mol. The third kappa shape index (κ3) is 3.97. The molecular weight excluding hydrogens is 302 g/mol. The molecule has 1 aliphatic heterocycles. The minimum absolute atomic E-state index is 0.608. The number of hydrogen-bond acceptors (Lipinski definition) is 4. The number of benzene rings is 1. The lowest BCUT2D eigenvalue weighted by molar-refractivity contribution is 0.0885. The topological polar surface area (TPSA) is 39.5 Å². The van der Waals surface area contributed by atoms with Gasteiger partial charge in [-0.1, -0.05) is 30.3 Å². The smallest absolute Gasteiger partial charge is 0.216 e. The molecule has 1 fully saturated rings. The normalized spacial score (nSPS) is 18.2. The van der Waals surface area contributed by atoms with Crippen molar-refractivity contribution in [2.45, 2.75) is 26.5 Å². The van der Waals surface area contributed by atoms with Gasteiger partial charge < -0.3 is 9.47 Å². The summed E-state index contributed by atoms with van der Waals surface area (Å²) in [5, 5.41) is 4.47. The molecule has 1 aliphatic rings. The van der Waals surface area contributed by atoms with Crippen molar-refractivity contribution in [2.24, 2.45) is 13.0 Å². The van der Waals surface area contributed by atoms with Gasteiger partial charge in [-0.05, 0) is 31.4 Å². The molecule has 0 N–H and O–H groups in total. The molecule has 1 unspecified atom stereocenters. The number of ether oxygens (including phenoxy) is 2. The minimum atomic E-state index is 0.608. The van der Waals surface area contributed by atoms with Gasteiger partial charge in [0.1, 0.15) is 0 Å². The molecule has 2 heterocycles. The van der Waals surface area contributed by atoms with Gasteiger partial charge in [0.25, 0.3) is 0 Å². The van der Waals surface area contributed by atoms with Gasteiger partial charge in [-0.25, -0.2) is 4.68 Å². The van der Waals surface area contributed by atoms with Gasteiger partial charge in [-0.2, -0.15) is 5.10 Å². The van der Waals surface area contributed by atoms with E-state index in [-0.39, 0.29) is 0 Å². The second kappa shape index (κ2) is 7.81. The number of likely N-dealkylation sites (tertiary alicyclic amines) is 1. The maximum atomic E-state index is 5.91. The Hall–Kier alpha value is -1.85. The van der Waals surface area contributed by atoms with Gasteiger partial charge >= 0.3 is 0 Å². The third-order valence-electron chi connectivity index (χ3n) is 4.70. The van der Waals surface area contributed by atoms with Gasteiger partial charge in [0.2, 0.25) is 5.88 Å². The van der Waals surface area contributed by atoms with Crippen molar-refractivity contribution in [3.8, 4) is 5.88 Å². The first-order valence-corrected chi connectivity index (χ1v) is 8.58. The number of aryl methyl sites for hydroxylation is 2. The Bertz CT molecular complexity index is 654. The van der Waals surface area contributed by atoms with E-state index in [4.69, 9.17) is 9.47 Å². The quantitative estimate of drug-likeness (QED) is 0.783. The van der Waals surface area contributed by atoms with Crippen molar-refractivity contribution in [1.29, 1.82) is 0 Å². The number of hydrogen-bond donors (Lipinski definition) is 0. The Balaban J connectivity index is 1.47. The van der Waals surface area contributed by atoms with E-state index in [0.717, 1.165) is 37.8 Å². The molecule has 0 aliphatic carbocycles. The summed E-state index contributed by atoms with van der Waals surface area (Å²) in [6, 6.07) is 10.4. The zero-order valence-electron chi connectivity index (χ0n) is 14.9. The number of rotatable bonds is 7. The summed E-state index contributed by atoms with van der Waals surface area (Å²) in [6.45, 7) is 6.66. The Morgan fingerprint density at radius 3 is 2.79 bits per heavy atom. The van der Waals surface area contributed by atoms with Crippen LogP contribution in [0.3, 0.4) is 0 Å². The molecule has 24 heavy (non-hydrogen) atoms. The minimum Gasteiger partial charge on any atom is -0.481 e. The summed E-state index contributed by atoms with van der Waals surface area (Å²) in [7, 11) is 3.64. The Morgan fingerprint density at radius 1 is 1.25 bits per heavy atom. The first kappa shape index (κ1) is 17.0. The van der Waals surface area contributed by atoms with Crippen molar-refractivity contribution < 1.29 is 9.47 Å². The molecule has 5 nitrogen and oxygen atoms in total. The zero-order valence-corrected chi connectivity index (χ0v) is 14.9. The van der Waals surface area contributed by atoms with E-state index in [9.17, 15) is 0 Å². The summed E-state index contributed by atoms with van der Waals surface area (Å²) in [6.07, 6.45) is 1.19. The van der Waals surface area contributed by atoms with Crippen LogP contribution in [-0.4, -0.2) is 41.5 Å². The zero-order chi connectivity index (χ0) is 16.9. The standard InChI is InChI=1S/C19H27N3O2/c1-15-18(19(23-3)21(2)20-15)12-22-10-9-17(11-22)14-24-13-16-7-5-4-6-8-16/h4-8,17H,9-14H2,1-3H3. The molecule has 0 amide bonds. The fraction of sp³-hybridized carbons (Fsp3) is 0.526. The predicted molar refractivity (Wildman–Crippen MR) is 94.0 cm³/mol. The Labute approximate surface area is 144 Å². The highest BCUT2D eigenvalue weighted by molar-refractivity contribution is 5.30. The molecule has 0 saturated carbocycles. The molecule has 0 radical (unpaired) electrons. The van der Waals surface area contributed by atoms with E-state index in [0.29, 0.717) is 12.5 Å². The van der Waals surface area contributed by atoms with E-state index < -0.39 is 0 Å². The highest BCUT2D eigenvalue weighted by atomic mass is 16.5. The Kier molecular flexibility index (Phi) is 5.53. The lowest BCUT2D eigenvalue weighted by atomic mass is 10.1. The van der Waals surface area contributed by atoms with Gasteiger partial charge in [0.05, 0.1) is 31.6 Å². The third-order valence-corrected chi connectivity index (χ3v) is 4.70. The van der Waals surface area contributed by atoms with E-state index in [1.54, 1.807) is 7.11 Å². The van der Waals surface area contributed by atoms with Crippen LogP contribution in [0.25, 0.3) is 0 Å². The summed E-state index contributed by atoms with van der Waals surface area (Å²) < 4.78 is 13.2. The molecule has 3 rings (SSSR count). The van der Waals surface area contributed by atoms with Crippen LogP contribution in [0.1, 0.15) is 23.2 Å². The van der Waals surface area contributed by atoms with Crippen LogP contribution in [0.15, 0.2) is 30.3 Å². The van der Waals surface area contributed by atoms with Crippen LogP contribution in [0.5, 0.6) is 5.88 Å². The fourth-order valence-electron chi connectivity index (χ4n) is 3.45. The second-order valence-corrected chi connectivity index (χ2v) is 6.59. The first-order valence-electron chi connectivity index (χ1n) is 8.58. The predicted octanol–water partition coefficient (Wildman–Crippen LogP) is 2.78. The van der Waals surface area contributed by atoms with Gasteiger partial charge in [-0.15, -0.1) is 0 Å². The van der Waals surface area contributed by atoms with Crippen molar-refractivity contribution in [3.63, 3.8) is 0 Å². The van der Waals surface area contributed by atoms with E-state index in [2.05, 4.69) is 34.3 Å². The lowest BCUT2D eigenvalue weighted by Crippen LogP contribution is -2.22. The highest BCUT2D eigenvalue weighted by Crippen LogP contribution is 2.26. The molecule has 5 heteroatoms. The summed E-state index contributed by atoms with van der Waals surface area (Å²) in [5.41, 5.74) is 3.49. The molecule has 2 aromatic rings. The van der Waals surface area contributed by atoms with Crippen LogP contribution in [-0.2, 0) is 24.9 Å². The van der Waals surface area contributed by atoms with Gasteiger partial charge in [0.15, 0.2) is 0 Å². The van der Waals surface area contributed by atoms with Crippen LogP contribution in [0.2, 0.25) is 0 Å². The van der Waals surface area contributed by atoms with Crippen LogP contribution in [0, 0.1) is 12.8 Å². The molecule has 0 bridgehead atoms. The number of methoxy groups -OCH3 is 1. The largest absolute Gasteiger partial charge is 0.481 e. The molecule has 1 atom stereocenters. The van der Waals surface area contributed by atoms with Crippen LogP contribution in [0.4, 0.5) is 0 Å². The monoisotopic (exact) mass is 329 g/mol. The fourth-order valence-corrected chi connectivity index (χ4v) is 3.45. The van der Waals surface area contributed by atoms with E-state index in [1.807, 2.05) is 24.7 Å². The van der Waals surface area contributed by atoms with Crippen molar-refractivity contribution in [1.82, 2.24) is 14.7 Å². The van der Waals surface area contributed by atoms with Crippen molar-refractivity contribution in [2.75, 3.05) is 26.8 Å². The molecular formula is C19H27N3O2. The Morgan fingerprint density at radius 2 is 2.04 bits per heavy atom. The van der Waals surface area contributed by atoms with Gasteiger partial charge in [0, 0.05) is 20.1 Å². The number of nitrogens with zero attached hydrogens (tertiary/aromatic N) is 3. The van der Waals surface area contributed by atoms with Crippen molar-refractivity contribution in [3.05, 3.63) is 47.2 Å². The number of aromatic nitrogens is 2. The second-order valence-electron chi connectivity index (χ2n) is 6.59. The van der Waals surface area contributed by atoms with Crippen LogP contribution < -0.4 is 4.74 Å². The van der Waals surface area contributed by atoms with Crippen LogP contribution >= 0.6 is 0 Å². The summed E-state index contributed by atoms with van der Waals surface area (Å²) in [4.78, 5) is 2.48. The molecule has 1 aromatic heterocycles. The highest BCUT2D eigenvalue weighted by Gasteiger charge is 2.25. The molecule has 1 saturated heterocycles. The maximum Gasteiger partial charge on any atom is 0.216 e. The first-order chi connectivity index (χ1) is 11.7. The van der Waals surface area contributed by atoms with E-state index >= 15 is 0 Å². The maximum absolute atomic E-state index is 5.91. The molecule has 1 aromatic carbocycles. The van der Waals surface area contributed by atoms with E-state index in [1.165, 1.54) is 17.5 Å². The average Bonchev–Trinajstić information content (AvgIpc) is 3.13. The summed E-state index contributed by atoms with van der Waals surface area (Å²) in [5.74, 6) is 1.48. The SMILES string of the molecule is COc1c(CN2CCC(COCc3ccccc3)C2)c(C)nn1C. The molecule has 0 spiro atoms. The molecule has 130 valence electrons. The van der Waals surface area contributed by atoms with Crippen molar-refractivity contribution >= 4 is 0 Å². The summed E-state index contributed by atoms with van der Waals surface area (Å²) >= 11 is 0.